The molecule has 110 valence electrons. The van der Waals surface area contributed by atoms with Crippen LogP contribution in [0.4, 0.5) is 0 Å². The number of nitrogens with zero attached hydrogens (tertiary/aromatic N) is 4. The monoisotopic (exact) mass is 308 g/mol. The molecule has 0 amide bonds. The highest BCUT2D eigenvalue weighted by molar-refractivity contribution is 7.89. The third-order valence-electron chi connectivity index (χ3n) is 2.82. The molecule has 1 rings (SSSR count). The van der Waals surface area contributed by atoms with Crippen molar-refractivity contribution in [2.45, 2.75) is 24.9 Å². The highest BCUT2D eigenvalue weighted by atomic mass is 35.5. The van der Waals surface area contributed by atoms with Gasteiger partial charge in [-0.15, -0.1) is 0 Å². The molecule has 0 bridgehead atoms. The second-order valence-corrected chi connectivity index (χ2v) is 6.93. The summed E-state index contributed by atoms with van der Waals surface area (Å²) in [5, 5.41) is 0.0552. The average Bonchev–Trinajstić information content (AvgIpc) is 2.59. The molecule has 1 heterocycles. The minimum Gasteiger partial charge on any atom is -0.324 e. The van der Waals surface area contributed by atoms with Gasteiger partial charge in [-0.1, -0.05) is 18.5 Å². The van der Waals surface area contributed by atoms with Crippen LogP contribution in [0.3, 0.4) is 0 Å². The molecule has 1 aromatic heterocycles. The SMILES string of the molecule is CCN(C(C)CN(C)C)S(=O)(=O)c1ncn(C)c1Cl. The maximum absolute atomic E-state index is 12.6. The number of halogens is 1. The molecule has 0 saturated heterocycles. The molecule has 0 radical (unpaired) electrons. The number of likely N-dealkylation sites (N-methyl/N-ethyl adjacent to an activating group) is 2. The number of imidazole rings is 1. The van der Waals surface area contributed by atoms with Crippen LogP contribution >= 0.6 is 11.6 Å². The minimum absolute atomic E-state index is 0.0795. The highest BCUT2D eigenvalue weighted by Gasteiger charge is 2.32. The predicted molar refractivity (Wildman–Crippen MR) is 75.8 cm³/mol. The molecule has 1 aromatic rings. The van der Waals surface area contributed by atoms with Crippen LogP contribution in [0.5, 0.6) is 0 Å². The largest absolute Gasteiger partial charge is 0.324 e. The maximum Gasteiger partial charge on any atom is 0.263 e. The van der Waals surface area contributed by atoms with Gasteiger partial charge in [-0.2, -0.15) is 4.31 Å². The van der Waals surface area contributed by atoms with Crippen LogP contribution in [0.2, 0.25) is 5.15 Å². The third kappa shape index (κ3) is 3.47. The van der Waals surface area contributed by atoms with Crippen molar-refractivity contribution in [3.05, 3.63) is 11.5 Å². The molecule has 0 spiro atoms. The van der Waals surface area contributed by atoms with Gasteiger partial charge in [0.05, 0.1) is 6.33 Å². The van der Waals surface area contributed by atoms with E-state index in [9.17, 15) is 8.42 Å². The summed E-state index contributed by atoms with van der Waals surface area (Å²) in [5.74, 6) is 0. The Morgan fingerprint density at radius 3 is 2.42 bits per heavy atom. The summed E-state index contributed by atoms with van der Waals surface area (Å²) in [6, 6.07) is -0.150. The van der Waals surface area contributed by atoms with E-state index in [1.165, 1.54) is 15.2 Å². The summed E-state index contributed by atoms with van der Waals surface area (Å²) in [5.41, 5.74) is 0. The van der Waals surface area contributed by atoms with Gasteiger partial charge in [-0.3, -0.25) is 0 Å². The van der Waals surface area contributed by atoms with Gasteiger partial charge in [0.1, 0.15) is 5.15 Å². The Labute approximate surface area is 120 Å². The van der Waals surface area contributed by atoms with Crippen LogP contribution in [0.15, 0.2) is 11.4 Å². The Kier molecular flexibility index (Phi) is 5.37. The molecule has 0 saturated carbocycles. The second-order valence-electron chi connectivity index (χ2n) is 4.77. The number of rotatable bonds is 6. The van der Waals surface area contributed by atoms with E-state index in [2.05, 4.69) is 4.98 Å². The third-order valence-corrected chi connectivity index (χ3v) is 5.40. The van der Waals surface area contributed by atoms with Crippen LogP contribution < -0.4 is 0 Å². The Hall–Kier alpha value is -0.630. The van der Waals surface area contributed by atoms with E-state index in [1.54, 1.807) is 14.0 Å². The Balaban J connectivity index is 3.13. The molecule has 1 unspecified atom stereocenters. The maximum atomic E-state index is 12.6. The zero-order valence-electron chi connectivity index (χ0n) is 12.0. The molecule has 19 heavy (non-hydrogen) atoms. The lowest BCUT2D eigenvalue weighted by molar-refractivity contribution is 0.271. The first-order valence-electron chi connectivity index (χ1n) is 6.05. The topological polar surface area (TPSA) is 58.4 Å². The molecule has 0 aromatic carbocycles. The molecular formula is C11H21ClN4O2S. The van der Waals surface area contributed by atoms with Gasteiger partial charge in [0.15, 0.2) is 0 Å². The fourth-order valence-electron chi connectivity index (χ4n) is 2.02. The van der Waals surface area contributed by atoms with Gasteiger partial charge in [0.2, 0.25) is 5.03 Å². The smallest absolute Gasteiger partial charge is 0.263 e. The fraction of sp³-hybridized carbons (Fsp3) is 0.727. The van der Waals surface area contributed by atoms with E-state index >= 15 is 0 Å². The molecular weight excluding hydrogens is 288 g/mol. The summed E-state index contributed by atoms with van der Waals surface area (Å²) < 4.78 is 28.0. The molecule has 0 fully saturated rings. The van der Waals surface area contributed by atoms with Crippen molar-refractivity contribution in [1.82, 2.24) is 18.8 Å². The number of aromatic nitrogens is 2. The molecule has 0 N–H and O–H groups in total. The summed E-state index contributed by atoms with van der Waals surface area (Å²) >= 11 is 5.99. The van der Waals surface area contributed by atoms with Crippen molar-refractivity contribution in [3.8, 4) is 0 Å². The van der Waals surface area contributed by atoms with Gasteiger partial charge in [0.25, 0.3) is 10.0 Å². The summed E-state index contributed by atoms with van der Waals surface area (Å²) in [7, 11) is 1.81. The van der Waals surface area contributed by atoms with E-state index in [0.717, 1.165) is 0 Å². The first kappa shape index (κ1) is 16.4. The zero-order valence-corrected chi connectivity index (χ0v) is 13.5. The summed E-state index contributed by atoms with van der Waals surface area (Å²) in [4.78, 5) is 5.85. The molecule has 0 aliphatic heterocycles. The Morgan fingerprint density at radius 2 is 2.05 bits per heavy atom. The predicted octanol–water partition coefficient (Wildman–Crippen LogP) is 1.03. The fourth-order valence-corrected chi connectivity index (χ4v) is 4.04. The van der Waals surface area contributed by atoms with Crippen LogP contribution in [-0.2, 0) is 17.1 Å². The summed E-state index contributed by atoms with van der Waals surface area (Å²) in [6.45, 7) is 4.69. The van der Waals surface area contributed by atoms with E-state index < -0.39 is 10.0 Å². The second kappa shape index (κ2) is 6.21. The Bertz CT molecular complexity index is 527. The van der Waals surface area contributed by atoms with E-state index in [0.29, 0.717) is 13.1 Å². The molecule has 0 aliphatic carbocycles. The van der Waals surface area contributed by atoms with Gasteiger partial charge in [-0.25, -0.2) is 13.4 Å². The highest BCUT2D eigenvalue weighted by Crippen LogP contribution is 2.23. The van der Waals surface area contributed by atoms with E-state index in [4.69, 9.17) is 11.6 Å². The number of sulfonamides is 1. The van der Waals surface area contributed by atoms with Crippen LogP contribution in [0, 0.1) is 0 Å². The van der Waals surface area contributed by atoms with Crippen molar-refractivity contribution in [1.29, 1.82) is 0 Å². The minimum atomic E-state index is -3.66. The number of hydrogen-bond donors (Lipinski definition) is 0. The van der Waals surface area contributed by atoms with Crippen molar-refractivity contribution < 1.29 is 8.42 Å². The first-order chi connectivity index (χ1) is 8.71. The molecule has 8 heteroatoms. The molecule has 1 atom stereocenters. The Morgan fingerprint density at radius 1 is 1.47 bits per heavy atom. The van der Waals surface area contributed by atoms with E-state index in [-0.39, 0.29) is 16.2 Å². The van der Waals surface area contributed by atoms with Gasteiger partial charge >= 0.3 is 0 Å². The van der Waals surface area contributed by atoms with Crippen LogP contribution in [-0.4, -0.2) is 60.4 Å². The molecule has 6 nitrogen and oxygen atoms in total. The lowest BCUT2D eigenvalue weighted by Crippen LogP contribution is -2.43. The first-order valence-corrected chi connectivity index (χ1v) is 7.87. The van der Waals surface area contributed by atoms with Gasteiger partial charge < -0.3 is 9.47 Å². The van der Waals surface area contributed by atoms with Crippen LogP contribution in [0.25, 0.3) is 0 Å². The van der Waals surface area contributed by atoms with E-state index in [1.807, 2.05) is 25.9 Å². The number of aryl methyl sites for hydroxylation is 1. The van der Waals surface area contributed by atoms with Crippen molar-refractivity contribution in [2.75, 3.05) is 27.2 Å². The molecule has 0 aliphatic rings. The normalized spacial score (nSPS) is 14.3. The van der Waals surface area contributed by atoms with Gasteiger partial charge in [-0.05, 0) is 21.0 Å². The lowest BCUT2D eigenvalue weighted by Gasteiger charge is -2.28. The van der Waals surface area contributed by atoms with Crippen molar-refractivity contribution in [3.63, 3.8) is 0 Å². The number of hydrogen-bond acceptors (Lipinski definition) is 4. The quantitative estimate of drug-likeness (QED) is 0.788. The zero-order chi connectivity index (χ0) is 14.8. The summed E-state index contributed by atoms with van der Waals surface area (Å²) in [6.07, 6.45) is 1.40. The lowest BCUT2D eigenvalue weighted by atomic mass is 10.3. The van der Waals surface area contributed by atoms with Crippen molar-refractivity contribution in [2.24, 2.45) is 7.05 Å². The van der Waals surface area contributed by atoms with Crippen LogP contribution in [0.1, 0.15) is 13.8 Å². The standard InChI is InChI=1S/C11H21ClN4O2S/c1-6-16(9(2)7-14(3)4)19(17,18)11-10(12)15(5)8-13-11/h8-9H,6-7H2,1-5H3. The van der Waals surface area contributed by atoms with Gasteiger partial charge in [0, 0.05) is 26.2 Å². The average molecular weight is 309 g/mol. The van der Waals surface area contributed by atoms with Crippen molar-refractivity contribution >= 4 is 21.6 Å².